The number of halogens is 1. The van der Waals surface area contributed by atoms with Crippen molar-refractivity contribution in [2.45, 2.75) is 6.92 Å². The van der Waals surface area contributed by atoms with E-state index in [4.69, 9.17) is 17.0 Å². The fourth-order valence-electron chi connectivity index (χ4n) is 1.39. The first-order valence-electron chi connectivity index (χ1n) is 4.89. The Balaban J connectivity index is 2.55. The maximum absolute atomic E-state index is 13.2. The summed E-state index contributed by atoms with van der Waals surface area (Å²) in [6, 6.07) is 4.97. The van der Waals surface area contributed by atoms with Gasteiger partial charge in [-0.1, -0.05) is 0 Å². The summed E-state index contributed by atoms with van der Waals surface area (Å²) in [5.41, 5.74) is 1.27. The van der Waals surface area contributed by atoms with Crippen LogP contribution >= 0.6 is 12.2 Å². The van der Waals surface area contributed by atoms with E-state index in [1.807, 2.05) is 0 Å². The Morgan fingerprint density at radius 1 is 1.35 bits per heavy atom. The van der Waals surface area contributed by atoms with Gasteiger partial charge in [0.15, 0.2) is 0 Å². The molecule has 0 amide bonds. The van der Waals surface area contributed by atoms with Gasteiger partial charge in [-0.3, -0.25) is 4.98 Å². The lowest BCUT2D eigenvalue weighted by molar-refractivity contribution is 0.378. The Hall–Kier alpha value is -1.82. The van der Waals surface area contributed by atoms with E-state index in [9.17, 15) is 4.39 Å². The second-order valence-electron chi connectivity index (χ2n) is 3.45. The van der Waals surface area contributed by atoms with Gasteiger partial charge < -0.3 is 4.74 Å². The normalized spacial score (nSPS) is 10.3. The van der Waals surface area contributed by atoms with Gasteiger partial charge in [-0.2, -0.15) is 4.98 Å². The molecular formula is C11H10FN3OS. The molecule has 0 fully saturated rings. The van der Waals surface area contributed by atoms with Crippen molar-refractivity contribution in [1.29, 1.82) is 0 Å². The number of hydrogen-bond acceptors (Lipinski definition) is 4. The Kier molecular flexibility index (Phi) is 3.14. The number of aromatic nitrogens is 3. The number of hydrogen-bond donors (Lipinski definition) is 1. The second-order valence-corrected chi connectivity index (χ2v) is 3.82. The maximum atomic E-state index is 13.2. The molecule has 0 spiro atoms. The average molecular weight is 251 g/mol. The highest BCUT2D eigenvalue weighted by atomic mass is 32.1. The molecule has 1 heterocycles. The zero-order valence-corrected chi connectivity index (χ0v) is 10.1. The molecule has 0 aliphatic rings. The molecule has 4 nitrogen and oxygen atoms in total. The van der Waals surface area contributed by atoms with Gasteiger partial charge in [0.1, 0.15) is 11.6 Å². The molecule has 2 aromatic rings. The predicted molar refractivity (Wildman–Crippen MR) is 63.9 cm³/mol. The highest BCUT2D eigenvalue weighted by molar-refractivity contribution is 7.71. The van der Waals surface area contributed by atoms with Crippen molar-refractivity contribution in [2.75, 3.05) is 7.11 Å². The molecule has 6 heteroatoms. The van der Waals surface area contributed by atoms with Crippen LogP contribution in [0.3, 0.4) is 0 Å². The van der Waals surface area contributed by atoms with Gasteiger partial charge in [-0.05, 0) is 42.9 Å². The summed E-state index contributed by atoms with van der Waals surface area (Å²) in [7, 11) is 1.48. The minimum atomic E-state index is -0.256. The number of nitrogens with zero attached hydrogens (tertiary/aromatic N) is 2. The number of methoxy groups -OCH3 is 1. The van der Waals surface area contributed by atoms with Crippen molar-refractivity contribution in [3.8, 4) is 17.4 Å². The van der Waals surface area contributed by atoms with Crippen molar-refractivity contribution in [1.82, 2.24) is 15.0 Å². The molecule has 1 aromatic heterocycles. The third-order valence-corrected chi connectivity index (χ3v) is 2.44. The van der Waals surface area contributed by atoms with Gasteiger partial charge in [-0.25, -0.2) is 9.37 Å². The van der Waals surface area contributed by atoms with E-state index in [-0.39, 0.29) is 16.6 Å². The monoisotopic (exact) mass is 251 g/mol. The zero-order chi connectivity index (χ0) is 12.4. The lowest BCUT2D eigenvalue weighted by Crippen LogP contribution is -1.98. The molecule has 0 aliphatic carbocycles. The van der Waals surface area contributed by atoms with Gasteiger partial charge in [-0.15, -0.1) is 0 Å². The van der Waals surface area contributed by atoms with Gasteiger partial charge >= 0.3 is 0 Å². The van der Waals surface area contributed by atoms with E-state index in [1.165, 1.54) is 13.2 Å². The van der Waals surface area contributed by atoms with Crippen LogP contribution in [0.5, 0.6) is 6.01 Å². The first kappa shape index (κ1) is 11.7. The quantitative estimate of drug-likeness (QED) is 0.834. The number of aryl methyl sites for hydroxylation is 1. The Bertz CT molecular complexity index is 612. The highest BCUT2D eigenvalue weighted by Gasteiger charge is 2.05. The van der Waals surface area contributed by atoms with Crippen molar-refractivity contribution >= 4 is 12.2 Å². The van der Waals surface area contributed by atoms with E-state index in [2.05, 4.69) is 15.0 Å². The van der Waals surface area contributed by atoms with Crippen LogP contribution in [0.25, 0.3) is 11.4 Å². The number of benzene rings is 1. The molecule has 88 valence electrons. The summed E-state index contributed by atoms with van der Waals surface area (Å²) < 4.78 is 18.3. The lowest BCUT2D eigenvalue weighted by atomic mass is 10.1. The number of H-pyrrole nitrogens is 1. The SMILES string of the molecule is COc1nc(=S)nc(-c2ccc(F)c(C)c2)[nH]1. The summed E-state index contributed by atoms with van der Waals surface area (Å²) in [6.07, 6.45) is 0. The Morgan fingerprint density at radius 3 is 2.76 bits per heavy atom. The van der Waals surface area contributed by atoms with Gasteiger partial charge in [0.25, 0.3) is 6.01 Å². The Labute approximate surface area is 103 Å². The van der Waals surface area contributed by atoms with E-state index in [1.54, 1.807) is 19.1 Å². The standard InChI is InChI=1S/C11H10FN3OS/c1-6-5-7(3-4-8(6)12)9-13-10(16-2)15-11(17)14-9/h3-5H,1-2H3,(H,13,14,15,17). The van der Waals surface area contributed by atoms with Crippen LogP contribution in [0, 0.1) is 17.5 Å². The largest absolute Gasteiger partial charge is 0.468 e. The molecule has 0 radical (unpaired) electrons. The van der Waals surface area contributed by atoms with Crippen LogP contribution in [-0.2, 0) is 0 Å². The Morgan fingerprint density at radius 2 is 2.12 bits per heavy atom. The molecule has 2 rings (SSSR count). The summed E-state index contributed by atoms with van der Waals surface area (Å²) in [4.78, 5) is 10.8. The number of aromatic amines is 1. The van der Waals surface area contributed by atoms with E-state index in [0.717, 1.165) is 5.56 Å². The van der Waals surface area contributed by atoms with Crippen molar-refractivity contribution in [3.63, 3.8) is 0 Å². The minimum Gasteiger partial charge on any atom is -0.468 e. The smallest absolute Gasteiger partial charge is 0.297 e. The maximum Gasteiger partial charge on any atom is 0.297 e. The molecule has 0 aliphatic heterocycles. The van der Waals surface area contributed by atoms with Crippen LogP contribution in [0.15, 0.2) is 18.2 Å². The zero-order valence-electron chi connectivity index (χ0n) is 9.32. The average Bonchev–Trinajstić information content (AvgIpc) is 2.32. The highest BCUT2D eigenvalue weighted by Crippen LogP contribution is 2.19. The summed E-state index contributed by atoms with van der Waals surface area (Å²) in [5.74, 6) is 0.248. The minimum absolute atomic E-state index is 0.178. The molecule has 0 bridgehead atoms. The number of ether oxygens (including phenoxy) is 1. The first-order valence-corrected chi connectivity index (χ1v) is 5.30. The number of nitrogens with one attached hydrogen (secondary N) is 1. The summed E-state index contributed by atoms with van der Waals surface area (Å²) in [6.45, 7) is 1.69. The first-order chi connectivity index (χ1) is 8.10. The molecule has 0 saturated heterocycles. The molecule has 0 unspecified atom stereocenters. The second kappa shape index (κ2) is 4.58. The van der Waals surface area contributed by atoms with Crippen LogP contribution in [-0.4, -0.2) is 22.1 Å². The van der Waals surface area contributed by atoms with Crippen molar-refractivity contribution < 1.29 is 9.13 Å². The van der Waals surface area contributed by atoms with Gasteiger partial charge in [0.2, 0.25) is 4.77 Å². The molecular weight excluding hydrogens is 241 g/mol. The molecule has 1 aromatic carbocycles. The van der Waals surface area contributed by atoms with Crippen LogP contribution in [0.4, 0.5) is 4.39 Å². The van der Waals surface area contributed by atoms with E-state index < -0.39 is 0 Å². The molecule has 0 saturated carbocycles. The third-order valence-electron chi connectivity index (χ3n) is 2.25. The van der Waals surface area contributed by atoms with Crippen LogP contribution in [0.2, 0.25) is 0 Å². The van der Waals surface area contributed by atoms with Gasteiger partial charge in [0, 0.05) is 5.56 Å². The van der Waals surface area contributed by atoms with Crippen molar-refractivity contribution in [2.24, 2.45) is 0 Å². The predicted octanol–water partition coefficient (Wildman–Crippen LogP) is 2.66. The lowest BCUT2D eigenvalue weighted by Gasteiger charge is -2.05. The number of rotatable bonds is 2. The molecule has 0 atom stereocenters. The van der Waals surface area contributed by atoms with E-state index >= 15 is 0 Å². The summed E-state index contributed by atoms with van der Waals surface area (Å²) in [5, 5.41) is 0. The van der Waals surface area contributed by atoms with Crippen LogP contribution < -0.4 is 4.74 Å². The van der Waals surface area contributed by atoms with E-state index in [0.29, 0.717) is 11.4 Å². The van der Waals surface area contributed by atoms with Gasteiger partial charge in [0.05, 0.1) is 7.11 Å². The fraction of sp³-hybridized carbons (Fsp3) is 0.182. The molecule has 1 N–H and O–H groups in total. The van der Waals surface area contributed by atoms with Crippen LogP contribution in [0.1, 0.15) is 5.56 Å². The fourth-order valence-corrected chi connectivity index (χ4v) is 1.56. The summed E-state index contributed by atoms with van der Waals surface area (Å²) >= 11 is 4.92. The third kappa shape index (κ3) is 2.47. The molecule has 17 heavy (non-hydrogen) atoms. The topological polar surface area (TPSA) is 50.8 Å². The van der Waals surface area contributed by atoms with Crippen molar-refractivity contribution in [3.05, 3.63) is 34.4 Å².